The van der Waals surface area contributed by atoms with Crippen molar-refractivity contribution in [3.8, 4) is 0 Å². The highest BCUT2D eigenvalue weighted by molar-refractivity contribution is 6.00. The quantitative estimate of drug-likeness (QED) is 0.467. The molecule has 0 radical (unpaired) electrons. The second kappa shape index (κ2) is 8.43. The molecule has 1 aliphatic rings. The first-order valence-electron chi connectivity index (χ1n) is 6.60. The van der Waals surface area contributed by atoms with Crippen LogP contribution in [0.2, 0.25) is 0 Å². The minimum absolute atomic E-state index is 0.379. The van der Waals surface area contributed by atoms with Gasteiger partial charge in [0, 0.05) is 18.8 Å². The lowest BCUT2D eigenvalue weighted by Gasteiger charge is -2.27. The average Bonchev–Trinajstić information content (AvgIpc) is 2.43. The Kier molecular flexibility index (Phi) is 6.82. The van der Waals surface area contributed by atoms with Gasteiger partial charge in [0.15, 0.2) is 0 Å². The molecule has 0 atom stereocenters. The van der Waals surface area contributed by atoms with Crippen LogP contribution in [-0.2, 0) is 0 Å². The van der Waals surface area contributed by atoms with Crippen LogP contribution in [0.4, 0.5) is 0 Å². The van der Waals surface area contributed by atoms with Crippen LogP contribution in [-0.4, -0.2) is 50.7 Å². The summed E-state index contributed by atoms with van der Waals surface area (Å²) in [4.78, 5) is 11.0. The first-order valence-corrected chi connectivity index (χ1v) is 6.60. The summed E-state index contributed by atoms with van der Waals surface area (Å²) in [6, 6.07) is 0.379. The summed E-state index contributed by atoms with van der Waals surface area (Å²) in [6.07, 6.45) is 9.46. The summed E-state index contributed by atoms with van der Waals surface area (Å²) < 4.78 is 0. The first kappa shape index (κ1) is 15.4. The van der Waals surface area contributed by atoms with E-state index < -0.39 is 0 Å². The average molecular weight is 260 g/mol. The number of likely N-dealkylation sites (N-methyl/N-ethyl adjacent to an activating group) is 1. The Balaban J connectivity index is 2.84. The minimum atomic E-state index is 0.379. The highest BCUT2D eigenvalue weighted by Crippen LogP contribution is 2.13. The predicted octanol–water partition coefficient (Wildman–Crippen LogP) is 2.03. The molecule has 104 valence electrons. The molecule has 0 saturated carbocycles. The summed E-state index contributed by atoms with van der Waals surface area (Å²) in [5, 5.41) is 3.15. The molecule has 0 amide bonds. The van der Waals surface area contributed by atoms with Crippen LogP contribution in [0.15, 0.2) is 46.6 Å². The highest BCUT2D eigenvalue weighted by atomic mass is 15.1. The maximum absolute atomic E-state index is 4.80. The van der Waals surface area contributed by atoms with E-state index in [1.807, 2.05) is 19.2 Å². The van der Waals surface area contributed by atoms with E-state index in [0.717, 1.165) is 37.3 Å². The van der Waals surface area contributed by atoms with Crippen LogP contribution in [0.25, 0.3) is 0 Å². The summed E-state index contributed by atoms with van der Waals surface area (Å²) >= 11 is 0. The van der Waals surface area contributed by atoms with Crippen molar-refractivity contribution < 1.29 is 0 Å². The minimum Gasteiger partial charge on any atom is -0.373 e. The number of aliphatic imine (C=N–C) groups is 2. The van der Waals surface area contributed by atoms with Gasteiger partial charge in [0.05, 0.1) is 6.04 Å². The lowest BCUT2D eigenvalue weighted by molar-refractivity contribution is 0.257. The van der Waals surface area contributed by atoms with Gasteiger partial charge in [-0.2, -0.15) is 0 Å². The number of piperidine rings is 1. The van der Waals surface area contributed by atoms with E-state index in [9.17, 15) is 0 Å². The van der Waals surface area contributed by atoms with Crippen molar-refractivity contribution in [1.82, 2.24) is 10.2 Å². The standard InChI is InChI=1S/C15H24N4/c1-5-6-7-13(12-16-2)15(17-3)18-14-8-10-19(4)11-9-14/h5-7,12,14H,1-2,8-11H2,3-4H3,(H,17,18)/b7-6-,13-12-. The second-order valence-corrected chi connectivity index (χ2v) is 4.62. The van der Waals surface area contributed by atoms with Crippen molar-refractivity contribution in [3.63, 3.8) is 0 Å². The molecule has 1 heterocycles. The number of allylic oxidation sites excluding steroid dienone is 2. The first-order chi connectivity index (χ1) is 9.21. The lowest BCUT2D eigenvalue weighted by Crippen LogP contribution is -2.33. The molecule has 0 aromatic carbocycles. The second-order valence-electron chi connectivity index (χ2n) is 4.62. The highest BCUT2D eigenvalue weighted by Gasteiger charge is 2.16. The van der Waals surface area contributed by atoms with Gasteiger partial charge in [-0.3, -0.25) is 9.98 Å². The largest absolute Gasteiger partial charge is 0.373 e. The summed E-state index contributed by atoms with van der Waals surface area (Å²) in [5.74, 6) is 0.861. The molecule has 1 aliphatic heterocycles. The van der Waals surface area contributed by atoms with Crippen LogP contribution >= 0.6 is 0 Å². The van der Waals surface area contributed by atoms with Crippen molar-refractivity contribution in [2.45, 2.75) is 18.9 Å². The molecule has 0 bridgehead atoms. The molecule has 0 aromatic rings. The van der Waals surface area contributed by atoms with Gasteiger partial charge in [-0.1, -0.05) is 18.7 Å². The Morgan fingerprint density at radius 3 is 2.58 bits per heavy atom. The molecule has 1 rings (SSSR count). The Labute approximate surface area is 116 Å². The van der Waals surface area contributed by atoms with Crippen LogP contribution < -0.4 is 5.32 Å². The lowest BCUT2D eigenvalue weighted by atomic mass is 10.1. The molecule has 0 unspecified atom stereocenters. The van der Waals surface area contributed by atoms with Crippen LogP contribution in [0.3, 0.4) is 0 Å². The SMILES string of the molecule is C=C\C=C/C(=C/N=C)C(=N\C1CCN(C)CC1)/NC. The molecule has 1 N–H and O–H groups in total. The number of likely N-dealkylation sites (tertiary alicyclic amines) is 1. The molecule has 4 nitrogen and oxygen atoms in total. The van der Waals surface area contributed by atoms with E-state index >= 15 is 0 Å². The van der Waals surface area contributed by atoms with Gasteiger partial charge in [0.2, 0.25) is 0 Å². The molecular weight excluding hydrogens is 236 g/mol. The maximum atomic E-state index is 4.80. The Morgan fingerprint density at radius 2 is 2.05 bits per heavy atom. The number of amidine groups is 1. The van der Waals surface area contributed by atoms with Gasteiger partial charge in [-0.05, 0) is 45.8 Å². The van der Waals surface area contributed by atoms with Crippen molar-refractivity contribution >= 4 is 12.6 Å². The third-order valence-electron chi connectivity index (χ3n) is 3.15. The maximum Gasteiger partial charge on any atom is 0.129 e. The molecule has 0 aromatic heterocycles. The van der Waals surface area contributed by atoms with Crippen molar-refractivity contribution in [3.05, 3.63) is 36.6 Å². The Morgan fingerprint density at radius 1 is 1.37 bits per heavy atom. The van der Waals surface area contributed by atoms with Crippen LogP contribution in [0.1, 0.15) is 12.8 Å². The van der Waals surface area contributed by atoms with Gasteiger partial charge in [0.1, 0.15) is 5.84 Å². The zero-order valence-electron chi connectivity index (χ0n) is 12.0. The van der Waals surface area contributed by atoms with E-state index in [4.69, 9.17) is 4.99 Å². The predicted molar refractivity (Wildman–Crippen MR) is 84.0 cm³/mol. The van der Waals surface area contributed by atoms with Crippen molar-refractivity contribution in [2.75, 3.05) is 27.2 Å². The van der Waals surface area contributed by atoms with E-state index in [0.29, 0.717) is 6.04 Å². The van der Waals surface area contributed by atoms with E-state index in [1.165, 1.54) is 0 Å². The summed E-state index contributed by atoms with van der Waals surface area (Å²) in [6.45, 7) is 9.39. The number of nitrogens with zero attached hydrogens (tertiary/aromatic N) is 3. The molecule has 1 saturated heterocycles. The number of rotatable bonds is 5. The van der Waals surface area contributed by atoms with E-state index in [-0.39, 0.29) is 0 Å². The molecule has 0 aliphatic carbocycles. The van der Waals surface area contributed by atoms with Gasteiger partial charge >= 0.3 is 0 Å². The van der Waals surface area contributed by atoms with E-state index in [1.54, 1.807) is 12.3 Å². The van der Waals surface area contributed by atoms with Gasteiger partial charge < -0.3 is 10.2 Å². The number of nitrogens with one attached hydrogen (secondary N) is 1. The Hall–Kier alpha value is -1.68. The third kappa shape index (κ3) is 5.22. The van der Waals surface area contributed by atoms with Crippen molar-refractivity contribution in [1.29, 1.82) is 0 Å². The zero-order valence-corrected chi connectivity index (χ0v) is 12.0. The van der Waals surface area contributed by atoms with Gasteiger partial charge in [-0.15, -0.1) is 0 Å². The monoisotopic (exact) mass is 260 g/mol. The van der Waals surface area contributed by atoms with Gasteiger partial charge in [0.25, 0.3) is 0 Å². The molecule has 19 heavy (non-hydrogen) atoms. The smallest absolute Gasteiger partial charge is 0.129 e. The van der Waals surface area contributed by atoms with E-state index in [2.05, 4.69) is 35.6 Å². The van der Waals surface area contributed by atoms with Crippen molar-refractivity contribution in [2.24, 2.45) is 9.98 Å². The molecule has 1 fully saturated rings. The topological polar surface area (TPSA) is 40.0 Å². The summed E-state index contributed by atoms with van der Waals surface area (Å²) in [7, 11) is 4.03. The molecule has 0 spiro atoms. The molecule has 4 heteroatoms. The van der Waals surface area contributed by atoms with Crippen LogP contribution in [0.5, 0.6) is 0 Å². The number of hydrogen-bond donors (Lipinski definition) is 1. The fraction of sp³-hybridized carbons (Fsp3) is 0.467. The van der Waals surface area contributed by atoms with Crippen LogP contribution in [0, 0.1) is 0 Å². The fourth-order valence-corrected chi connectivity index (χ4v) is 2.04. The summed E-state index contributed by atoms with van der Waals surface area (Å²) in [5.41, 5.74) is 0.927. The zero-order chi connectivity index (χ0) is 14.1. The molecular formula is C15H24N4. The van der Waals surface area contributed by atoms with Gasteiger partial charge in [-0.25, -0.2) is 0 Å². The normalized spacial score (nSPS) is 19.7. The Bertz CT molecular complexity index is 385. The number of hydrogen-bond acceptors (Lipinski definition) is 3. The fourth-order valence-electron chi connectivity index (χ4n) is 2.04. The third-order valence-corrected chi connectivity index (χ3v) is 3.15.